The van der Waals surface area contributed by atoms with E-state index in [1.165, 1.54) is 10.9 Å². The molecule has 80 valence electrons. The van der Waals surface area contributed by atoms with Crippen molar-refractivity contribution in [2.45, 2.75) is 19.4 Å². The molecule has 3 heteroatoms. The summed E-state index contributed by atoms with van der Waals surface area (Å²) in [5, 5.41) is 1.24. The summed E-state index contributed by atoms with van der Waals surface area (Å²) in [5.74, 6) is 0.903. The second-order valence-corrected chi connectivity index (χ2v) is 4.03. The molecule has 1 aromatic carbocycles. The van der Waals surface area contributed by atoms with Crippen LogP contribution < -0.4 is 10.5 Å². The van der Waals surface area contributed by atoms with Gasteiger partial charge in [0, 0.05) is 23.5 Å². The quantitative estimate of drug-likeness (QED) is 0.780. The number of quaternary nitrogens is 1. The standard InChI is InChI=1S/C12H16N2O/c1-8(13)5-9-7-14-12-4-3-10(15-2)6-11(9)12/h3-4,6-8,14H,5,13H2,1-2H3/p+1/t8-/m1/s1. The van der Waals surface area contributed by atoms with E-state index in [2.05, 4.69) is 29.9 Å². The van der Waals surface area contributed by atoms with Crippen molar-refractivity contribution in [1.29, 1.82) is 0 Å². The Balaban J connectivity index is 2.46. The molecule has 0 aliphatic rings. The number of ether oxygens (including phenoxy) is 1. The minimum absolute atomic E-state index is 0.426. The molecule has 1 atom stereocenters. The minimum Gasteiger partial charge on any atom is -0.497 e. The average Bonchev–Trinajstić information content (AvgIpc) is 2.60. The zero-order valence-corrected chi connectivity index (χ0v) is 9.21. The van der Waals surface area contributed by atoms with Crippen molar-refractivity contribution in [3.8, 4) is 5.75 Å². The Morgan fingerprint density at radius 1 is 1.47 bits per heavy atom. The molecule has 15 heavy (non-hydrogen) atoms. The summed E-state index contributed by atoms with van der Waals surface area (Å²) in [4.78, 5) is 3.26. The number of hydrogen-bond acceptors (Lipinski definition) is 1. The molecular formula is C12H17N2O+. The third kappa shape index (κ3) is 1.97. The fraction of sp³-hybridized carbons (Fsp3) is 0.333. The summed E-state index contributed by atoms with van der Waals surface area (Å²) in [7, 11) is 1.69. The SMILES string of the molecule is COc1ccc2[nH]cc(C[C@@H](C)[NH3+])c2c1. The van der Waals surface area contributed by atoms with Gasteiger partial charge in [0.1, 0.15) is 5.75 Å². The summed E-state index contributed by atoms with van der Waals surface area (Å²) in [6.07, 6.45) is 3.05. The fourth-order valence-corrected chi connectivity index (χ4v) is 1.83. The molecule has 3 nitrogen and oxygen atoms in total. The number of benzene rings is 1. The number of nitrogens with one attached hydrogen (secondary N) is 1. The van der Waals surface area contributed by atoms with Gasteiger partial charge in [-0.25, -0.2) is 0 Å². The van der Waals surface area contributed by atoms with E-state index >= 15 is 0 Å². The van der Waals surface area contributed by atoms with E-state index < -0.39 is 0 Å². The van der Waals surface area contributed by atoms with Crippen LogP contribution in [0.4, 0.5) is 0 Å². The number of H-pyrrole nitrogens is 1. The summed E-state index contributed by atoms with van der Waals surface area (Å²) < 4.78 is 5.22. The number of hydrogen-bond donors (Lipinski definition) is 2. The maximum atomic E-state index is 5.22. The van der Waals surface area contributed by atoms with Gasteiger partial charge < -0.3 is 15.5 Å². The summed E-state index contributed by atoms with van der Waals surface area (Å²) >= 11 is 0. The smallest absolute Gasteiger partial charge is 0.119 e. The van der Waals surface area contributed by atoms with Crippen molar-refractivity contribution in [2.24, 2.45) is 0 Å². The Hall–Kier alpha value is -1.48. The molecule has 1 heterocycles. The van der Waals surface area contributed by atoms with Crippen molar-refractivity contribution in [3.63, 3.8) is 0 Å². The number of methoxy groups -OCH3 is 1. The second kappa shape index (κ2) is 3.95. The molecule has 0 aliphatic heterocycles. The predicted octanol–water partition coefficient (Wildman–Crippen LogP) is 1.35. The molecule has 0 saturated heterocycles. The summed E-state index contributed by atoms with van der Waals surface area (Å²) in [6.45, 7) is 2.12. The van der Waals surface area contributed by atoms with Crippen LogP contribution in [-0.4, -0.2) is 18.1 Å². The van der Waals surface area contributed by atoms with E-state index in [1.54, 1.807) is 7.11 Å². The largest absolute Gasteiger partial charge is 0.497 e. The lowest BCUT2D eigenvalue weighted by Gasteiger charge is -2.02. The van der Waals surface area contributed by atoms with Gasteiger partial charge in [0.25, 0.3) is 0 Å². The van der Waals surface area contributed by atoms with E-state index in [0.717, 1.165) is 17.7 Å². The van der Waals surface area contributed by atoms with E-state index in [1.807, 2.05) is 12.1 Å². The highest BCUT2D eigenvalue weighted by molar-refractivity contribution is 5.84. The third-order valence-corrected chi connectivity index (χ3v) is 2.54. The molecule has 4 N–H and O–H groups in total. The van der Waals surface area contributed by atoms with Crippen LogP contribution in [0.2, 0.25) is 0 Å². The molecular weight excluding hydrogens is 188 g/mol. The maximum absolute atomic E-state index is 5.22. The van der Waals surface area contributed by atoms with Crippen molar-refractivity contribution >= 4 is 10.9 Å². The summed E-state index contributed by atoms with van der Waals surface area (Å²) in [5.41, 5.74) is 6.49. The number of rotatable bonds is 3. The zero-order chi connectivity index (χ0) is 10.8. The van der Waals surface area contributed by atoms with Gasteiger partial charge in [-0.2, -0.15) is 0 Å². The highest BCUT2D eigenvalue weighted by atomic mass is 16.5. The predicted molar refractivity (Wildman–Crippen MR) is 60.9 cm³/mol. The third-order valence-electron chi connectivity index (χ3n) is 2.54. The first-order chi connectivity index (χ1) is 7.20. The Bertz CT molecular complexity index is 460. The molecule has 0 amide bonds. The van der Waals surface area contributed by atoms with Crippen LogP contribution in [0.3, 0.4) is 0 Å². The molecule has 1 aromatic heterocycles. The van der Waals surface area contributed by atoms with E-state index in [4.69, 9.17) is 4.74 Å². The van der Waals surface area contributed by atoms with Crippen LogP contribution >= 0.6 is 0 Å². The zero-order valence-electron chi connectivity index (χ0n) is 9.21. The average molecular weight is 205 g/mol. The topological polar surface area (TPSA) is 52.7 Å². The van der Waals surface area contributed by atoms with Gasteiger partial charge in [-0.1, -0.05) is 0 Å². The normalized spacial score (nSPS) is 13.0. The number of fused-ring (bicyclic) bond motifs is 1. The molecule has 0 saturated carbocycles. The summed E-state index contributed by atoms with van der Waals surface area (Å²) in [6, 6.07) is 6.51. The van der Waals surface area contributed by atoms with E-state index in [9.17, 15) is 0 Å². The molecule has 0 spiro atoms. The van der Waals surface area contributed by atoms with Crippen LogP contribution in [0, 0.1) is 0 Å². The Morgan fingerprint density at radius 3 is 2.93 bits per heavy atom. The first-order valence-electron chi connectivity index (χ1n) is 5.18. The Morgan fingerprint density at radius 2 is 2.27 bits per heavy atom. The van der Waals surface area contributed by atoms with Gasteiger partial charge in [-0.3, -0.25) is 0 Å². The lowest BCUT2D eigenvalue weighted by Crippen LogP contribution is -2.60. The van der Waals surface area contributed by atoms with Crippen LogP contribution in [-0.2, 0) is 6.42 Å². The van der Waals surface area contributed by atoms with Crippen LogP contribution in [0.1, 0.15) is 12.5 Å². The number of aromatic amines is 1. The van der Waals surface area contributed by atoms with Gasteiger partial charge in [0.15, 0.2) is 0 Å². The molecule has 0 unspecified atom stereocenters. The van der Waals surface area contributed by atoms with E-state index in [-0.39, 0.29) is 0 Å². The molecule has 2 rings (SSSR count). The molecule has 0 aliphatic carbocycles. The fourth-order valence-electron chi connectivity index (χ4n) is 1.83. The highest BCUT2D eigenvalue weighted by Crippen LogP contribution is 2.24. The van der Waals surface area contributed by atoms with Gasteiger partial charge in [-0.05, 0) is 30.7 Å². The number of aromatic nitrogens is 1. The Labute approximate surface area is 89.2 Å². The first kappa shape index (κ1) is 10.1. The molecule has 2 aromatic rings. The maximum Gasteiger partial charge on any atom is 0.119 e. The molecule has 0 radical (unpaired) electrons. The van der Waals surface area contributed by atoms with Gasteiger partial charge in [0.05, 0.1) is 13.2 Å². The lowest BCUT2D eigenvalue weighted by atomic mass is 10.1. The lowest BCUT2D eigenvalue weighted by molar-refractivity contribution is -0.413. The van der Waals surface area contributed by atoms with Crippen molar-refractivity contribution in [1.82, 2.24) is 4.98 Å². The highest BCUT2D eigenvalue weighted by Gasteiger charge is 2.08. The molecule has 0 fully saturated rings. The second-order valence-electron chi connectivity index (χ2n) is 4.03. The van der Waals surface area contributed by atoms with Crippen LogP contribution in [0.5, 0.6) is 5.75 Å². The van der Waals surface area contributed by atoms with Crippen LogP contribution in [0.25, 0.3) is 10.9 Å². The Kier molecular flexibility index (Phi) is 2.64. The van der Waals surface area contributed by atoms with E-state index in [0.29, 0.717) is 6.04 Å². The van der Waals surface area contributed by atoms with Crippen molar-refractivity contribution in [3.05, 3.63) is 30.0 Å². The monoisotopic (exact) mass is 205 g/mol. The minimum atomic E-state index is 0.426. The van der Waals surface area contributed by atoms with Crippen LogP contribution in [0.15, 0.2) is 24.4 Å². The van der Waals surface area contributed by atoms with Gasteiger partial charge in [-0.15, -0.1) is 0 Å². The molecule has 0 bridgehead atoms. The van der Waals surface area contributed by atoms with Crippen molar-refractivity contribution in [2.75, 3.05) is 7.11 Å². The first-order valence-corrected chi connectivity index (χ1v) is 5.18. The van der Waals surface area contributed by atoms with Crippen molar-refractivity contribution < 1.29 is 10.5 Å². The van der Waals surface area contributed by atoms with Gasteiger partial charge in [0.2, 0.25) is 0 Å². The van der Waals surface area contributed by atoms with Gasteiger partial charge >= 0.3 is 0 Å².